The fourth-order valence-corrected chi connectivity index (χ4v) is 5.96. The van der Waals surface area contributed by atoms with E-state index in [2.05, 4.69) is 148 Å². The van der Waals surface area contributed by atoms with Crippen molar-refractivity contribution in [2.24, 2.45) is 0 Å². The molecule has 7 aromatic rings. The zero-order valence-electron chi connectivity index (χ0n) is 22.1. The summed E-state index contributed by atoms with van der Waals surface area (Å²) in [6, 6.07) is 47.2. The van der Waals surface area contributed by atoms with Gasteiger partial charge >= 0.3 is 0 Å². The SMILES string of the molecule is C.CC(C)(C)c1ccc2c(-c3ccc4ccccc4c3)c3ccccc3c(-c3ccc4ccccc4c3)c2c1. The average Bonchev–Trinajstić information content (AvgIpc) is 2.94. The lowest BCUT2D eigenvalue weighted by Crippen LogP contribution is -2.10. The molecule has 39 heavy (non-hydrogen) atoms. The van der Waals surface area contributed by atoms with Crippen molar-refractivity contribution < 1.29 is 0 Å². The van der Waals surface area contributed by atoms with Crippen LogP contribution in [-0.4, -0.2) is 0 Å². The topological polar surface area (TPSA) is 0 Å². The Hall–Kier alpha value is -4.42. The van der Waals surface area contributed by atoms with Gasteiger partial charge in [0, 0.05) is 0 Å². The van der Waals surface area contributed by atoms with E-state index < -0.39 is 0 Å². The monoisotopic (exact) mass is 502 g/mol. The van der Waals surface area contributed by atoms with Gasteiger partial charge in [-0.1, -0.05) is 137 Å². The largest absolute Gasteiger partial charge is 0.0776 e. The van der Waals surface area contributed by atoms with Crippen LogP contribution in [0.3, 0.4) is 0 Å². The van der Waals surface area contributed by atoms with Crippen molar-refractivity contribution in [3.63, 3.8) is 0 Å². The molecule has 0 heteroatoms. The Bertz CT molecular complexity index is 2000. The van der Waals surface area contributed by atoms with E-state index in [0.717, 1.165) is 0 Å². The highest BCUT2D eigenvalue weighted by Crippen LogP contribution is 2.45. The second-order valence-electron chi connectivity index (χ2n) is 11.4. The Balaban J connectivity index is 0.00000277. The summed E-state index contributed by atoms with van der Waals surface area (Å²) >= 11 is 0. The van der Waals surface area contributed by atoms with Crippen LogP contribution in [0.2, 0.25) is 0 Å². The third-order valence-corrected chi connectivity index (χ3v) is 7.97. The lowest BCUT2D eigenvalue weighted by atomic mass is 9.81. The Morgan fingerprint density at radius 1 is 0.385 bits per heavy atom. The van der Waals surface area contributed by atoms with Crippen LogP contribution in [0.4, 0.5) is 0 Å². The van der Waals surface area contributed by atoms with Crippen molar-refractivity contribution >= 4 is 43.1 Å². The molecule has 0 aliphatic heterocycles. The molecule has 0 spiro atoms. The van der Waals surface area contributed by atoms with Crippen molar-refractivity contribution in [3.8, 4) is 22.3 Å². The molecule has 0 N–H and O–H groups in total. The van der Waals surface area contributed by atoms with Crippen LogP contribution in [0, 0.1) is 0 Å². The molecule has 0 nitrogen and oxygen atoms in total. The van der Waals surface area contributed by atoms with Gasteiger partial charge < -0.3 is 0 Å². The molecule has 190 valence electrons. The van der Waals surface area contributed by atoms with E-state index in [1.54, 1.807) is 0 Å². The van der Waals surface area contributed by atoms with Crippen LogP contribution < -0.4 is 0 Å². The van der Waals surface area contributed by atoms with Crippen molar-refractivity contribution in [3.05, 3.63) is 133 Å². The summed E-state index contributed by atoms with van der Waals surface area (Å²) < 4.78 is 0. The molecule has 7 rings (SSSR count). The highest BCUT2D eigenvalue weighted by atomic mass is 14.2. The molecular weight excluding hydrogens is 468 g/mol. The Morgan fingerprint density at radius 3 is 1.33 bits per heavy atom. The maximum Gasteiger partial charge on any atom is -0.00260 e. The molecule has 0 heterocycles. The normalized spacial score (nSPS) is 11.8. The Kier molecular flexibility index (Phi) is 6.00. The molecule has 0 amide bonds. The first-order valence-electron chi connectivity index (χ1n) is 13.4. The number of hydrogen-bond donors (Lipinski definition) is 0. The first kappa shape index (κ1) is 24.9. The number of benzene rings is 7. The van der Waals surface area contributed by atoms with Gasteiger partial charge in [0.05, 0.1) is 0 Å². The molecule has 0 fully saturated rings. The van der Waals surface area contributed by atoms with Crippen molar-refractivity contribution in [2.75, 3.05) is 0 Å². The van der Waals surface area contributed by atoms with Gasteiger partial charge in [-0.15, -0.1) is 0 Å². The van der Waals surface area contributed by atoms with Crippen LogP contribution in [0.5, 0.6) is 0 Å². The highest BCUT2D eigenvalue weighted by molar-refractivity contribution is 6.22. The third kappa shape index (κ3) is 4.17. The van der Waals surface area contributed by atoms with Gasteiger partial charge in [-0.25, -0.2) is 0 Å². The second-order valence-corrected chi connectivity index (χ2v) is 11.4. The molecule has 0 aromatic heterocycles. The van der Waals surface area contributed by atoms with E-state index in [-0.39, 0.29) is 12.8 Å². The Labute approximate surface area is 231 Å². The molecule has 0 atom stereocenters. The molecule has 0 aliphatic carbocycles. The standard InChI is InChI=1S/C38H30.CH4/c1-38(2,3)31-20-21-34-35(24-31)37(30-19-17-26-11-5-7-13-28(26)23-30)33-15-9-8-14-32(33)36(34)29-18-16-25-10-4-6-12-27(25)22-29;/h4-24H,1-3H3;1H4. The predicted octanol–water partition coefficient (Wildman–Crippen LogP) is 11.6. The van der Waals surface area contributed by atoms with Gasteiger partial charge in [-0.2, -0.15) is 0 Å². The lowest BCUT2D eigenvalue weighted by molar-refractivity contribution is 0.591. The van der Waals surface area contributed by atoms with Gasteiger partial charge in [-0.3, -0.25) is 0 Å². The molecule has 0 aliphatic rings. The van der Waals surface area contributed by atoms with E-state index in [9.17, 15) is 0 Å². The fraction of sp³-hybridized carbons (Fsp3) is 0.128. The van der Waals surface area contributed by atoms with Crippen molar-refractivity contribution in [1.29, 1.82) is 0 Å². The molecule has 0 bridgehead atoms. The van der Waals surface area contributed by atoms with Crippen LogP contribution in [0.25, 0.3) is 65.3 Å². The van der Waals surface area contributed by atoms with Crippen molar-refractivity contribution in [2.45, 2.75) is 33.6 Å². The minimum Gasteiger partial charge on any atom is -0.0776 e. The zero-order valence-corrected chi connectivity index (χ0v) is 22.1. The minimum atomic E-state index is 0. The predicted molar refractivity (Wildman–Crippen MR) is 173 cm³/mol. The van der Waals surface area contributed by atoms with E-state index in [1.165, 1.54) is 70.9 Å². The van der Waals surface area contributed by atoms with Gasteiger partial charge in [0.15, 0.2) is 0 Å². The van der Waals surface area contributed by atoms with E-state index >= 15 is 0 Å². The van der Waals surface area contributed by atoms with Crippen LogP contribution in [-0.2, 0) is 5.41 Å². The number of hydrogen-bond acceptors (Lipinski definition) is 0. The quantitative estimate of drug-likeness (QED) is 0.206. The van der Waals surface area contributed by atoms with Crippen LogP contribution in [0.1, 0.15) is 33.8 Å². The Morgan fingerprint density at radius 2 is 0.821 bits per heavy atom. The first-order valence-corrected chi connectivity index (χ1v) is 13.4. The molecule has 0 saturated heterocycles. The number of fused-ring (bicyclic) bond motifs is 4. The van der Waals surface area contributed by atoms with Gasteiger partial charge in [0.25, 0.3) is 0 Å². The summed E-state index contributed by atoms with van der Waals surface area (Å²) in [5.74, 6) is 0. The minimum absolute atomic E-state index is 0. The average molecular weight is 503 g/mol. The summed E-state index contributed by atoms with van der Waals surface area (Å²) in [5.41, 5.74) is 6.57. The fourth-order valence-electron chi connectivity index (χ4n) is 5.96. The van der Waals surface area contributed by atoms with Crippen LogP contribution in [0.15, 0.2) is 127 Å². The van der Waals surface area contributed by atoms with Crippen molar-refractivity contribution in [1.82, 2.24) is 0 Å². The summed E-state index contributed by atoms with van der Waals surface area (Å²) in [6.07, 6.45) is 0. The summed E-state index contributed by atoms with van der Waals surface area (Å²) in [5, 5.41) is 10.3. The first-order chi connectivity index (χ1) is 18.5. The van der Waals surface area contributed by atoms with Gasteiger partial charge in [0.2, 0.25) is 0 Å². The lowest BCUT2D eigenvalue weighted by Gasteiger charge is -2.23. The molecule has 7 aromatic carbocycles. The summed E-state index contributed by atoms with van der Waals surface area (Å²) in [6.45, 7) is 6.90. The highest BCUT2D eigenvalue weighted by Gasteiger charge is 2.20. The smallest absolute Gasteiger partial charge is 0.00260 e. The van der Waals surface area contributed by atoms with E-state index in [0.29, 0.717) is 0 Å². The molecule has 0 radical (unpaired) electrons. The molecular formula is C39H34. The maximum atomic E-state index is 2.44. The van der Waals surface area contributed by atoms with E-state index in [1.807, 2.05) is 0 Å². The maximum absolute atomic E-state index is 2.44. The van der Waals surface area contributed by atoms with Gasteiger partial charge in [0.1, 0.15) is 0 Å². The van der Waals surface area contributed by atoms with Gasteiger partial charge in [-0.05, 0) is 94.5 Å². The second kappa shape index (κ2) is 9.40. The third-order valence-electron chi connectivity index (χ3n) is 7.97. The summed E-state index contributed by atoms with van der Waals surface area (Å²) in [4.78, 5) is 0. The number of rotatable bonds is 2. The summed E-state index contributed by atoms with van der Waals surface area (Å²) in [7, 11) is 0. The molecule has 0 unspecified atom stereocenters. The molecule has 0 saturated carbocycles. The van der Waals surface area contributed by atoms with Crippen LogP contribution >= 0.6 is 0 Å². The van der Waals surface area contributed by atoms with E-state index in [4.69, 9.17) is 0 Å². The zero-order chi connectivity index (χ0) is 25.9.